The summed E-state index contributed by atoms with van der Waals surface area (Å²) in [6, 6.07) is 8.02. The van der Waals surface area contributed by atoms with Gasteiger partial charge in [0.05, 0.1) is 6.61 Å². The number of hydrogen-bond acceptors (Lipinski definition) is 6. The normalized spacial score (nSPS) is 17.3. The lowest BCUT2D eigenvalue weighted by Gasteiger charge is -2.26. The standard InChI is InChI=1S/C25H37N3O6/c1-5-33-21(29)12-11-19(16-18-13-14-26-22(18)30)27-23(31)20(15-17-9-7-6-8-10-17)28-24(32)34-25(2,3)4/h6-10,18-20H,5,11-16H2,1-4H3,(H,26,30)(H,27,31)(H,28,32)/t18-,19+,20-/m0/s1. The summed E-state index contributed by atoms with van der Waals surface area (Å²) >= 11 is 0. The lowest BCUT2D eigenvalue weighted by Crippen LogP contribution is -2.52. The maximum Gasteiger partial charge on any atom is 0.408 e. The van der Waals surface area contributed by atoms with Crippen LogP contribution in [-0.4, -0.2) is 54.7 Å². The predicted molar refractivity (Wildman–Crippen MR) is 127 cm³/mol. The summed E-state index contributed by atoms with van der Waals surface area (Å²) in [5, 5.41) is 8.42. The topological polar surface area (TPSA) is 123 Å². The number of benzene rings is 1. The van der Waals surface area contributed by atoms with Crippen molar-refractivity contribution < 1.29 is 28.7 Å². The van der Waals surface area contributed by atoms with Gasteiger partial charge in [0.1, 0.15) is 11.6 Å². The largest absolute Gasteiger partial charge is 0.466 e. The molecular formula is C25H37N3O6. The van der Waals surface area contributed by atoms with E-state index < -0.39 is 29.7 Å². The van der Waals surface area contributed by atoms with Gasteiger partial charge in [0.15, 0.2) is 0 Å². The molecule has 0 aliphatic carbocycles. The minimum atomic E-state index is -0.889. The molecule has 1 aromatic rings. The maximum atomic E-state index is 13.3. The quantitative estimate of drug-likeness (QED) is 0.423. The minimum Gasteiger partial charge on any atom is -0.466 e. The first-order chi connectivity index (χ1) is 16.1. The van der Waals surface area contributed by atoms with E-state index in [4.69, 9.17) is 9.47 Å². The molecule has 1 fully saturated rings. The average Bonchev–Trinajstić information content (AvgIpc) is 3.15. The SMILES string of the molecule is CCOC(=O)CC[C@H](C[C@@H]1CCNC1=O)NC(=O)[C@H](Cc1ccccc1)NC(=O)OC(C)(C)C. The molecule has 1 aromatic carbocycles. The number of alkyl carbamates (subject to hydrolysis) is 1. The number of ether oxygens (including phenoxy) is 2. The molecule has 34 heavy (non-hydrogen) atoms. The lowest BCUT2D eigenvalue weighted by atomic mass is 9.95. The van der Waals surface area contributed by atoms with E-state index in [1.807, 2.05) is 30.3 Å². The van der Waals surface area contributed by atoms with Crippen molar-refractivity contribution in [2.75, 3.05) is 13.2 Å². The molecule has 1 heterocycles. The predicted octanol–water partition coefficient (Wildman–Crippen LogP) is 2.48. The molecule has 0 radical (unpaired) electrons. The Morgan fingerprint density at radius 2 is 1.85 bits per heavy atom. The zero-order valence-corrected chi connectivity index (χ0v) is 20.5. The first kappa shape index (κ1) is 27.1. The van der Waals surface area contributed by atoms with Crippen LogP contribution < -0.4 is 16.0 Å². The number of rotatable bonds is 11. The number of nitrogens with one attached hydrogen (secondary N) is 3. The molecular weight excluding hydrogens is 438 g/mol. The van der Waals surface area contributed by atoms with Gasteiger partial charge in [0, 0.05) is 31.3 Å². The van der Waals surface area contributed by atoms with Crippen LogP contribution in [0.25, 0.3) is 0 Å². The van der Waals surface area contributed by atoms with Crippen LogP contribution in [0.5, 0.6) is 0 Å². The van der Waals surface area contributed by atoms with Crippen molar-refractivity contribution >= 4 is 23.9 Å². The van der Waals surface area contributed by atoms with Gasteiger partial charge in [-0.25, -0.2) is 4.79 Å². The van der Waals surface area contributed by atoms with E-state index in [0.29, 0.717) is 25.8 Å². The fraction of sp³-hybridized carbons (Fsp3) is 0.600. The van der Waals surface area contributed by atoms with Gasteiger partial charge in [0.25, 0.3) is 0 Å². The Morgan fingerprint density at radius 3 is 2.44 bits per heavy atom. The zero-order valence-electron chi connectivity index (χ0n) is 20.5. The van der Waals surface area contributed by atoms with E-state index in [1.165, 1.54) is 0 Å². The summed E-state index contributed by atoms with van der Waals surface area (Å²) in [6.45, 7) is 7.85. The summed E-state index contributed by atoms with van der Waals surface area (Å²) in [5.74, 6) is -1.05. The summed E-state index contributed by atoms with van der Waals surface area (Å²) in [4.78, 5) is 49.7. The average molecular weight is 476 g/mol. The molecule has 9 heteroatoms. The highest BCUT2D eigenvalue weighted by Crippen LogP contribution is 2.19. The number of esters is 1. The van der Waals surface area contributed by atoms with E-state index in [1.54, 1.807) is 27.7 Å². The lowest BCUT2D eigenvalue weighted by molar-refractivity contribution is -0.143. The fourth-order valence-corrected chi connectivity index (χ4v) is 3.80. The van der Waals surface area contributed by atoms with Gasteiger partial charge in [-0.15, -0.1) is 0 Å². The summed E-state index contributed by atoms with van der Waals surface area (Å²) in [6.07, 6.45) is 1.10. The second-order valence-electron chi connectivity index (χ2n) is 9.45. The van der Waals surface area contributed by atoms with Gasteiger partial charge in [-0.05, 0) is 52.5 Å². The third-order valence-corrected chi connectivity index (χ3v) is 5.37. The Labute approximate surface area is 201 Å². The molecule has 0 spiro atoms. The van der Waals surface area contributed by atoms with Crippen LogP contribution in [0.15, 0.2) is 30.3 Å². The van der Waals surface area contributed by atoms with Crippen LogP contribution in [0, 0.1) is 5.92 Å². The number of carbonyl (C=O) groups is 4. The summed E-state index contributed by atoms with van der Waals surface area (Å²) < 4.78 is 10.4. The van der Waals surface area contributed by atoms with E-state index in [9.17, 15) is 19.2 Å². The molecule has 3 amide bonds. The van der Waals surface area contributed by atoms with Crippen molar-refractivity contribution in [3.05, 3.63) is 35.9 Å². The van der Waals surface area contributed by atoms with Crippen LogP contribution in [0.4, 0.5) is 4.79 Å². The van der Waals surface area contributed by atoms with E-state index in [-0.39, 0.29) is 37.2 Å². The van der Waals surface area contributed by atoms with Crippen LogP contribution in [-0.2, 0) is 30.3 Å². The number of amides is 3. The van der Waals surface area contributed by atoms with Gasteiger partial charge in [0.2, 0.25) is 11.8 Å². The highest BCUT2D eigenvalue weighted by molar-refractivity contribution is 5.86. The van der Waals surface area contributed by atoms with Gasteiger partial charge < -0.3 is 25.4 Å². The Kier molecular flexibility index (Phi) is 10.3. The van der Waals surface area contributed by atoms with Gasteiger partial charge in [-0.1, -0.05) is 30.3 Å². The highest BCUT2D eigenvalue weighted by Gasteiger charge is 2.31. The fourth-order valence-electron chi connectivity index (χ4n) is 3.80. The Hall–Kier alpha value is -3.10. The maximum absolute atomic E-state index is 13.3. The smallest absolute Gasteiger partial charge is 0.408 e. The van der Waals surface area contributed by atoms with E-state index >= 15 is 0 Å². The van der Waals surface area contributed by atoms with E-state index in [2.05, 4.69) is 16.0 Å². The third-order valence-electron chi connectivity index (χ3n) is 5.37. The molecule has 0 bridgehead atoms. The molecule has 2 rings (SSSR count). The summed E-state index contributed by atoms with van der Waals surface area (Å²) in [5.41, 5.74) is 0.160. The first-order valence-electron chi connectivity index (χ1n) is 11.8. The van der Waals surface area contributed by atoms with Crippen molar-refractivity contribution in [3.8, 4) is 0 Å². The molecule has 188 valence electrons. The monoisotopic (exact) mass is 475 g/mol. The second-order valence-corrected chi connectivity index (χ2v) is 9.45. The molecule has 1 aliphatic rings. The van der Waals surface area contributed by atoms with Gasteiger partial charge in [-0.3, -0.25) is 14.4 Å². The Bertz CT molecular complexity index is 837. The molecule has 0 aromatic heterocycles. The van der Waals surface area contributed by atoms with Crippen LogP contribution >= 0.6 is 0 Å². The summed E-state index contributed by atoms with van der Waals surface area (Å²) in [7, 11) is 0. The van der Waals surface area contributed by atoms with Crippen LogP contribution in [0.1, 0.15) is 58.9 Å². The molecule has 0 unspecified atom stereocenters. The zero-order chi connectivity index (χ0) is 25.1. The Balaban J connectivity index is 2.13. The minimum absolute atomic E-state index is 0.0527. The van der Waals surface area contributed by atoms with Crippen LogP contribution in [0.3, 0.4) is 0 Å². The molecule has 3 atom stereocenters. The molecule has 1 aliphatic heterocycles. The van der Waals surface area contributed by atoms with Gasteiger partial charge in [-0.2, -0.15) is 0 Å². The number of hydrogen-bond donors (Lipinski definition) is 3. The van der Waals surface area contributed by atoms with Crippen molar-refractivity contribution in [1.29, 1.82) is 0 Å². The van der Waals surface area contributed by atoms with Gasteiger partial charge >= 0.3 is 12.1 Å². The Morgan fingerprint density at radius 1 is 1.15 bits per heavy atom. The van der Waals surface area contributed by atoms with Crippen molar-refractivity contribution in [3.63, 3.8) is 0 Å². The molecule has 9 nitrogen and oxygen atoms in total. The highest BCUT2D eigenvalue weighted by atomic mass is 16.6. The van der Waals surface area contributed by atoms with Crippen molar-refractivity contribution in [2.45, 2.75) is 77.5 Å². The van der Waals surface area contributed by atoms with Crippen molar-refractivity contribution in [2.24, 2.45) is 5.92 Å². The second kappa shape index (κ2) is 13.0. The van der Waals surface area contributed by atoms with Crippen molar-refractivity contribution in [1.82, 2.24) is 16.0 Å². The molecule has 3 N–H and O–H groups in total. The molecule has 0 saturated carbocycles. The first-order valence-corrected chi connectivity index (χ1v) is 11.8. The van der Waals surface area contributed by atoms with E-state index in [0.717, 1.165) is 5.56 Å². The third kappa shape index (κ3) is 9.80. The molecule has 1 saturated heterocycles. The van der Waals surface area contributed by atoms with Crippen LogP contribution in [0.2, 0.25) is 0 Å². The number of carbonyl (C=O) groups excluding carboxylic acids is 4.